The van der Waals surface area contributed by atoms with Gasteiger partial charge in [-0.05, 0) is 12.1 Å². The molecule has 1 aromatic carbocycles. The minimum absolute atomic E-state index is 0.130. The van der Waals surface area contributed by atoms with Crippen LogP contribution in [0.15, 0.2) is 41.2 Å². The lowest BCUT2D eigenvalue weighted by molar-refractivity contribution is 0.153. The summed E-state index contributed by atoms with van der Waals surface area (Å²) in [4.78, 5) is 22.3. The molecule has 0 saturated heterocycles. The zero-order valence-electron chi connectivity index (χ0n) is 13.4. The maximum absolute atomic E-state index is 13.0. The highest BCUT2D eigenvalue weighted by Gasteiger charge is 2.26. The van der Waals surface area contributed by atoms with Crippen molar-refractivity contribution < 1.29 is 13.5 Å². The third-order valence-electron chi connectivity index (χ3n) is 4.06. The second-order valence-corrected chi connectivity index (χ2v) is 6.11. The number of hydrogen-bond donors (Lipinski definition) is 0. The molecular weight excluding hydrogens is 366 g/mol. The van der Waals surface area contributed by atoms with Crippen molar-refractivity contribution in [1.82, 2.24) is 14.5 Å². The largest absolute Gasteiger partial charge is 0.475 e. The fourth-order valence-corrected chi connectivity index (χ4v) is 3.21. The second kappa shape index (κ2) is 6.53. The van der Waals surface area contributed by atoms with E-state index in [9.17, 15) is 13.6 Å². The average Bonchev–Trinajstić information content (AvgIpc) is 2.75. The van der Waals surface area contributed by atoms with E-state index in [1.54, 1.807) is 24.3 Å². The number of hydrogen-bond acceptors (Lipinski definition) is 5. The van der Waals surface area contributed by atoms with Gasteiger partial charge in [-0.25, -0.2) is 18.6 Å². The quantitative estimate of drug-likeness (QED) is 0.656. The van der Waals surface area contributed by atoms with Crippen LogP contribution in [0.5, 0.6) is 5.88 Å². The summed E-state index contributed by atoms with van der Waals surface area (Å²) in [5.41, 5.74) is 0.393. The van der Waals surface area contributed by atoms with Crippen molar-refractivity contribution in [1.29, 1.82) is 0 Å². The van der Waals surface area contributed by atoms with Crippen molar-refractivity contribution in [2.75, 3.05) is 24.6 Å². The van der Waals surface area contributed by atoms with Gasteiger partial charge in [0.25, 0.3) is 6.43 Å². The molecule has 4 rings (SSSR count). The summed E-state index contributed by atoms with van der Waals surface area (Å²) in [6.07, 6.45) is -2.58. The lowest BCUT2D eigenvalue weighted by Gasteiger charge is -2.22. The molecule has 0 atom stereocenters. The van der Waals surface area contributed by atoms with Gasteiger partial charge in [0.15, 0.2) is 0 Å². The Morgan fingerprint density at radius 3 is 2.73 bits per heavy atom. The topological polar surface area (TPSA) is 60.3 Å². The fraction of sp³-hybridized carbons (Fsp3) is 0.235. The van der Waals surface area contributed by atoms with E-state index in [0.717, 1.165) is 0 Å². The molecular formula is C17H13ClF2N4O2. The Kier molecular flexibility index (Phi) is 4.20. The molecule has 0 radical (unpaired) electrons. The molecule has 134 valence electrons. The zero-order valence-corrected chi connectivity index (χ0v) is 14.2. The van der Waals surface area contributed by atoms with Crippen LogP contribution in [-0.2, 0) is 0 Å². The van der Waals surface area contributed by atoms with Gasteiger partial charge in [0.2, 0.25) is 5.88 Å². The van der Waals surface area contributed by atoms with Crippen LogP contribution in [0, 0.1) is 0 Å². The van der Waals surface area contributed by atoms with Crippen LogP contribution in [0.2, 0.25) is 5.15 Å². The van der Waals surface area contributed by atoms with Crippen LogP contribution >= 0.6 is 11.6 Å². The van der Waals surface area contributed by atoms with Crippen LogP contribution in [0.1, 0.15) is 0 Å². The first kappa shape index (κ1) is 16.7. The normalized spacial score (nSPS) is 13.8. The van der Waals surface area contributed by atoms with Crippen LogP contribution in [0.3, 0.4) is 0 Å². The number of aromatic nitrogens is 3. The van der Waals surface area contributed by atoms with Crippen LogP contribution in [0.25, 0.3) is 16.6 Å². The Balaban J connectivity index is 2.07. The van der Waals surface area contributed by atoms with Gasteiger partial charge >= 0.3 is 5.69 Å². The fourth-order valence-electron chi connectivity index (χ4n) is 3.03. The van der Waals surface area contributed by atoms with E-state index in [1.165, 1.54) is 15.5 Å². The SMILES string of the molecule is O=c1nc2c3c(nc(Cl)cc3n1-c1ccccc1)OCCN2CC(F)F. The van der Waals surface area contributed by atoms with E-state index in [2.05, 4.69) is 9.97 Å². The Labute approximate surface area is 151 Å². The molecule has 0 fully saturated rings. The lowest BCUT2D eigenvalue weighted by Crippen LogP contribution is -2.34. The van der Waals surface area contributed by atoms with E-state index >= 15 is 0 Å². The summed E-state index contributed by atoms with van der Waals surface area (Å²) in [6.45, 7) is -0.261. The van der Waals surface area contributed by atoms with Gasteiger partial charge in [0, 0.05) is 6.07 Å². The van der Waals surface area contributed by atoms with Gasteiger partial charge in [-0.1, -0.05) is 29.8 Å². The molecule has 0 amide bonds. The third-order valence-corrected chi connectivity index (χ3v) is 4.26. The Morgan fingerprint density at radius 2 is 2.00 bits per heavy atom. The van der Waals surface area contributed by atoms with E-state index in [0.29, 0.717) is 16.6 Å². The first-order chi connectivity index (χ1) is 12.5. The van der Waals surface area contributed by atoms with Gasteiger partial charge < -0.3 is 9.64 Å². The van der Waals surface area contributed by atoms with Crippen molar-refractivity contribution in [3.8, 4) is 11.6 Å². The predicted octanol–water partition coefficient (Wildman–Crippen LogP) is 2.90. The van der Waals surface area contributed by atoms with Gasteiger partial charge in [0.05, 0.1) is 24.3 Å². The Bertz CT molecular complexity index is 1030. The lowest BCUT2D eigenvalue weighted by atomic mass is 10.2. The molecule has 0 N–H and O–H groups in total. The minimum atomic E-state index is -2.58. The van der Waals surface area contributed by atoms with Crippen molar-refractivity contribution in [3.63, 3.8) is 0 Å². The summed E-state index contributed by atoms with van der Waals surface area (Å²) < 4.78 is 33.0. The highest BCUT2D eigenvalue weighted by Crippen LogP contribution is 2.35. The van der Waals surface area contributed by atoms with Crippen LogP contribution < -0.4 is 15.3 Å². The summed E-state index contributed by atoms with van der Waals surface area (Å²) in [7, 11) is 0. The molecule has 2 aromatic heterocycles. The van der Waals surface area contributed by atoms with Crippen LogP contribution in [0.4, 0.5) is 14.6 Å². The number of pyridine rings is 1. The Hall–Kier alpha value is -2.74. The number of rotatable bonds is 3. The molecule has 3 heterocycles. The van der Waals surface area contributed by atoms with E-state index in [1.807, 2.05) is 6.07 Å². The highest BCUT2D eigenvalue weighted by molar-refractivity contribution is 6.30. The van der Waals surface area contributed by atoms with E-state index < -0.39 is 18.7 Å². The predicted molar refractivity (Wildman–Crippen MR) is 93.9 cm³/mol. The molecule has 0 bridgehead atoms. The van der Waals surface area contributed by atoms with Gasteiger partial charge in [0.1, 0.15) is 23.0 Å². The third kappa shape index (κ3) is 2.86. The first-order valence-corrected chi connectivity index (χ1v) is 8.27. The monoisotopic (exact) mass is 378 g/mol. The zero-order chi connectivity index (χ0) is 18.3. The first-order valence-electron chi connectivity index (χ1n) is 7.89. The molecule has 1 aliphatic rings. The van der Waals surface area contributed by atoms with Crippen LogP contribution in [-0.4, -0.2) is 40.7 Å². The number of halogens is 3. The maximum atomic E-state index is 13.0. The molecule has 9 heteroatoms. The van der Waals surface area contributed by atoms with Gasteiger partial charge in [-0.2, -0.15) is 4.98 Å². The molecule has 0 spiro atoms. The molecule has 0 unspecified atom stereocenters. The van der Waals surface area contributed by atoms with Gasteiger partial charge in [-0.3, -0.25) is 4.57 Å². The summed E-state index contributed by atoms with van der Waals surface area (Å²) in [5.74, 6) is 0.311. The smallest absolute Gasteiger partial charge is 0.354 e. The summed E-state index contributed by atoms with van der Waals surface area (Å²) in [6, 6.07) is 10.4. The molecule has 26 heavy (non-hydrogen) atoms. The maximum Gasteiger partial charge on any atom is 0.354 e. The number of ether oxygens (including phenoxy) is 1. The minimum Gasteiger partial charge on any atom is -0.475 e. The molecule has 0 saturated carbocycles. The standard InChI is InChI=1S/C17H13ClF2N4O2/c18-12-8-11-14-15(22-17(25)24(11)10-4-2-1-3-5-10)23(9-13(19)20)6-7-26-16(14)21-12/h1-5,8,13H,6-7,9H2. The van der Waals surface area contributed by atoms with Crippen molar-refractivity contribution in [3.05, 3.63) is 52.0 Å². The van der Waals surface area contributed by atoms with Crippen molar-refractivity contribution in [2.24, 2.45) is 0 Å². The van der Waals surface area contributed by atoms with Crippen molar-refractivity contribution in [2.45, 2.75) is 6.43 Å². The molecule has 6 nitrogen and oxygen atoms in total. The second-order valence-electron chi connectivity index (χ2n) is 5.72. The molecule has 3 aromatic rings. The average molecular weight is 379 g/mol. The molecule has 1 aliphatic heterocycles. The summed E-state index contributed by atoms with van der Waals surface area (Å²) >= 11 is 6.10. The summed E-state index contributed by atoms with van der Waals surface area (Å²) in [5, 5.41) is 0.520. The number of nitrogens with zero attached hydrogens (tertiary/aromatic N) is 4. The number of alkyl halides is 2. The van der Waals surface area contributed by atoms with Crippen molar-refractivity contribution >= 4 is 28.3 Å². The number of anilines is 1. The van der Waals surface area contributed by atoms with E-state index in [4.69, 9.17) is 16.3 Å². The highest BCUT2D eigenvalue weighted by atomic mass is 35.5. The molecule has 0 aliphatic carbocycles. The number of benzene rings is 1. The van der Waals surface area contributed by atoms with Gasteiger partial charge in [-0.15, -0.1) is 0 Å². The van der Waals surface area contributed by atoms with E-state index in [-0.39, 0.29) is 30.0 Å². The Morgan fingerprint density at radius 1 is 1.23 bits per heavy atom. The number of para-hydroxylation sites is 1.